The minimum atomic E-state index is -0.337. The van der Waals surface area contributed by atoms with Crippen molar-refractivity contribution in [1.82, 2.24) is 9.78 Å². The molecule has 0 aliphatic carbocycles. The molecule has 1 heterocycles. The number of methoxy groups -OCH3 is 1. The third-order valence-corrected chi connectivity index (χ3v) is 3.39. The number of ether oxygens (including phenoxy) is 1. The van der Waals surface area contributed by atoms with Crippen molar-refractivity contribution in [3.8, 4) is 5.75 Å². The molecule has 5 nitrogen and oxygen atoms in total. The number of nitrogens with one attached hydrogen (secondary N) is 1. The highest BCUT2D eigenvalue weighted by Crippen LogP contribution is 2.26. The number of anilines is 1. The molecule has 0 radical (unpaired) electrons. The Morgan fingerprint density at radius 1 is 1.48 bits per heavy atom. The van der Waals surface area contributed by atoms with Crippen LogP contribution in [0.4, 0.5) is 10.1 Å². The molecular formula is C15H21FN4O. The van der Waals surface area contributed by atoms with Crippen molar-refractivity contribution in [2.24, 2.45) is 12.8 Å². The summed E-state index contributed by atoms with van der Waals surface area (Å²) >= 11 is 0. The predicted molar refractivity (Wildman–Crippen MR) is 81.0 cm³/mol. The molecule has 1 unspecified atom stereocenters. The Kier molecular flexibility index (Phi) is 4.80. The van der Waals surface area contributed by atoms with Gasteiger partial charge in [-0.05, 0) is 18.6 Å². The summed E-state index contributed by atoms with van der Waals surface area (Å²) in [6.07, 6.45) is 2.72. The van der Waals surface area contributed by atoms with Crippen molar-refractivity contribution in [2.45, 2.75) is 19.4 Å². The molecule has 114 valence electrons. The maximum Gasteiger partial charge on any atom is 0.146 e. The minimum absolute atomic E-state index is 0.199. The van der Waals surface area contributed by atoms with Crippen LogP contribution in [0.2, 0.25) is 0 Å². The zero-order valence-electron chi connectivity index (χ0n) is 12.6. The van der Waals surface area contributed by atoms with Crippen LogP contribution in [0.15, 0.2) is 24.4 Å². The molecule has 1 aromatic heterocycles. The van der Waals surface area contributed by atoms with E-state index in [-0.39, 0.29) is 11.9 Å². The predicted octanol–water partition coefficient (Wildman–Crippen LogP) is 2.24. The number of aromatic nitrogens is 2. The zero-order valence-corrected chi connectivity index (χ0v) is 12.6. The largest absolute Gasteiger partial charge is 0.497 e. The summed E-state index contributed by atoms with van der Waals surface area (Å²) in [5, 5.41) is 7.54. The second-order valence-corrected chi connectivity index (χ2v) is 4.84. The fourth-order valence-corrected chi connectivity index (χ4v) is 2.31. The van der Waals surface area contributed by atoms with Crippen molar-refractivity contribution in [3.05, 3.63) is 41.5 Å². The van der Waals surface area contributed by atoms with Gasteiger partial charge in [-0.1, -0.05) is 6.92 Å². The molecule has 2 rings (SSSR count). The van der Waals surface area contributed by atoms with Crippen molar-refractivity contribution < 1.29 is 9.13 Å². The van der Waals surface area contributed by atoms with Gasteiger partial charge in [0, 0.05) is 31.4 Å². The lowest BCUT2D eigenvalue weighted by atomic mass is 10.1. The topological polar surface area (TPSA) is 65.1 Å². The normalized spacial score (nSPS) is 12.2. The first-order chi connectivity index (χ1) is 10.1. The van der Waals surface area contributed by atoms with Gasteiger partial charge < -0.3 is 15.8 Å². The van der Waals surface area contributed by atoms with Crippen LogP contribution < -0.4 is 15.8 Å². The van der Waals surface area contributed by atoms with E-state index in [1.807, 2.05) is 20.2 Å². The standard InChI is InChI=1S/C15H21FN4O/c1-4-13-11(9-20(2)19-13)15(8-17)18-14-7-10(21-3)5-6-12(14)16/h5-7,9,15,18H,4,8,17H2,1-3H3. The summed E-state index contributed by atoms with van der Waals surface area (Å²) in [7, 11) is 3.41. The summed E-state index contributed by atoms with van der Waals surface area (Å²) in [4.78, 5) is 0. The van der Waals surface area contributed by atoms with Gasteiger partial charge in [0.05, 0.1) is 24.5 Å². The van der Waals surface area contributed by atoms with Crippen molar-refractivity contribution in [3.63, 3.8) is 0 Å². The summed E-state index contributed by atoms with van der Waals surface area (Å²) in [6.45, 7) is 2.38. The van der Waals surface area contributed by atoms with Gasteiger partial charge in [-0.3, -0.25) is 4.68 Å². The molecule has 2 aromatic rings. The van der Waals surface area contributed by atoms with Crippen molar-refractivity contribution in [2.75, 3.05) is 19.0 Å². The Morgan fingerprint density at radius 2 is 2.24 bits per heavy atom. The molecule has 0 aliphatic rings. The van der Waals surface area contributed by atoms with Gasteiger partial charge in [0.1, 0.15) is 11.6 Å². The molecule has 0 amide bonds. The highest BCUT2D eigenvalue weighted by Gasteiger charge is 2.18. The average Bonchev–Trinajstić information content (AvgIpc) is 2.87. The van der Waals surface area contributed by atoms with E-state index in [1.165, 1.54) is 6.07 Å². The number of nitrogens with zero attached hydrogens (tertiary/aromatic N) is 2. The zero-order chi connectivity index (χ0) is 15.4. The van der Waals surface area contributed by atoms with E-state index in [1.54, 1.807) is 23.9 Å². The van der Waals surface area contributed by atoms with Gasteiger partial charge in [-0.15, -0.1) is 0 Å². The monoisotopic (exact) mass is 292 g/mol. The summed E-state index contributed by atoms with van der Waals surface area (Å²) in [5.41, 5.74) is 8.18. The van der Waals surface area contributed by atoms with E-state index in [4.69, 9.17) is 10.5 Å². The summed E-state index contributed by atoms with van der Waals surface area (Å²) in [5.74, 6) is 0.257. The maximum atomic E-state index is 13.9. The third kappa shape index (κ3) is 3.33. The molecule has 0 aliphatic heterocycles. The molecule has 3 N–H and O–H groups in total. The number of benzene rings is 1. The average molecular weight is 292 g/mol. The molecule has 1 atom stereocenters. The first kappa shape index (κ1) is 15.3. The molecule has 0 fully saturated rings. The lowest BCUT2D eigenvalue weighted by molar-refractivity contribution is 0.414. The van der Waals surface area contributed by atoms with Crippen LogP contribution in [-0.2, 0) is 13.5 Å². The van der Waals surface area contributed by atoms with Gasteiger partial charge in [0.15, 0.2) is 0 Å². The maximum absolute atomic E-state index is 13.9. The first-order valence-electron chi connectivity index (χ1n) is 6.91. The SMILES string of the molecule is CCc1nn(C)cc1C(CN)Nc1cc(OC)ccc1F. The molecule has 0 bridgehead atoms. The van der Waals surface area contributed by atoms with E-state index in [0.717, 1.165) is 17.7 Å². The number of rotatable bonds is 6. The van der Waals surface area contributed by atoms with Crippen LogP contribution in [0.5, 0.6) is 5.75 Å². The molecule has 0 spiro atoms. The van der Waals surface area contributed by atoms with Crippen molar-refractivity contribution in [1.29, 1.82) is 0 Å². The van der Waals surface area contributed by atoms with Crippen LogP contribution in [0.25, 0.3) is 0 Å². The van der Waals surface area contributed by atoms with E-state index in [9.17, 15) is 4.39 Å². The lowest BCUT2D eigenvalue weighted by Crippen LogP contribution is -2.22. The quantitative estimate of drug-likeness (QED) is 0.857. The van der Waals surface area contributed by atoms with Gasteiger partial charge in [0.25, 0.3) is 0 Å². The van der Waals surface area contributed by atoms with Crippen LogP contribution in [0.1, 0.15) is 24.2 Å². The molecular weight excluding hydrogens is 271 g/mol. The van der Waals surface area contributed by atoms with E-state index >= 15 is 0 Å². The number of halogens is 1. The van der Waals surface area contributed by atoms with E-state index in [0.29, 0.717) is 18.0 Å². The second kappa shape index (κ2) is 6.58. The molecule has 6 heteroatoms. The summed E-state index contributed by atoms with van der Waals surface area (Å²) in [6, 6.07) is 4.38. The molecule has 0 saturated heterocycles. The van der Waals surface area contributed by atoms with Gasteiger partial charge in [0.2, 0.25) is 0 Å². The third-order valence-electron chi connectivity index (χ3n) is 3.39. The number of aryl methyl sites for hydroxylation is 2. The fraction of sp³-hybridized carbons (Fsp3) is 0.400. The Hall–Kier alpha value is -2.08. The van der Waals surface area contributed by atoms with Crippen LogP contribution in [-0.4, -0.2) is 23.4 Å². The fourth-order valence-electron chi connectivity index (χ4n) is 2.31. The van der Waals surface area contributed by atoms with Crippen molar-refractivity contribution >= 4 is 5.69 Å². The Balaban J connectivity index is 2.30. The first-order valence-corrected chi connectivity index (χ1v) is 6.91. The van der Waals surface area contributed by atoms with Crippen LogP contribution in [0.3, 0.4) is 0 Å². The molecule has 1 aromatic carbocycles. The number of hydrogen-bond donors (Lipinski definition) is 2. The highest BCUT2D eigenvalue weighted by atomic mass is 19.1. The van der Waals surface area contributed by atoms with Gasteiger partial charge in [-0.2, -0.15) is 5.10 Å². The summed E-state index contributed by atoms with van der Waals surface area (Å²) < 4.78 is 20.8. The Bertz CT molecular complexity index is 612. The smallest absolute Gasteiger partial charge is 0.146 e. The van der Waals surface area contributed by atoms with Crippen LogP contribution in [0, 0.1) is 5.82 Å². The minimum Gasteiger partial charge on any atom is -0.497 e. The van der Waals surface area contributed by atoms with Gasteiger partial charge >= 0.3 is 0 Å². The highest BCUT2D eigenvalue weighted by molar-refractivity contribution is 5.51. The van der Waals surface area contributed by atoms with E-state index in [2.05, 4.69) is 10.4 Å². The van der Waals surface area contributed by atoms with E-state index < -0.39 is 0 Å². The number of hydrogen-bond acceptors (Lipinski definition) is 4. The Labute approximate surface area is 123 Å². The molecule has 21 heavy (non-hydrogen) atoms. The van der Waals surface area contributed by atoms with Crippen LogP contribution >= 0.6 is 0 Å². The Morgan fingerprint density at radius 3 is 2.86 bits per heavy atom. The number of nitrogens with two attached hydrogens (primary N) is 1. The molecule has 0 saturated carbocycles. The lowest BCUT2D eigenvalue weighted by Gasteiger charge is -2.19. The second-order valence-electron chi connectivity index (χ2n) is 4.84. The van der Waals surface area contributed by atoms with Gasteiger partial charge in [-0.25, -0.2) is 4.39 Å².